The van der Waals surface area contributed by atoms with Crippen LogP contribution in [0.3, 0.4) is 0 Å². The average molecular weight is 302 g/mol. The first-order valence-electron chi connectivity index (χ1n) is 6.34. The number of para-hydroxylation sites is 1. The number of pyridine rings is 1. The second-order valence-corrected chi connectivity index (χ2v) is 6.34. The molecule has 108 valence electrons. The Morgan fingerprint density at radius 2 is 1.95 bits per heavy atom. The summed E-state index contributed by atoms with van der Waals surface area (Å²) in [5.74, 6) is 0. The van der Waals surface area contributed by atoms with E-state index in [1.54, 1.807) is 38.5 Å². The van der Waals surface area contributed by atoms with E-state index in [-0.39, 0.29) is 5.16 Å². The van der Waals surface area contributed by atoms with Crippen LogP contribution in [0, 0.1) is 6.92 Å². The zero-order valence-corrected chi connectivity index (χ0v) is 12.4. The van der Waals surface area contributed by atoms with Crippen LogP contribution in [0.5, 0.6) is 0 Å². The van der Waals surface area contributed by atoms with E-state index in [2.05, 4.69) is 14.7 Å². The van der Waals surface area contributed by atoms with Gasteiger partial charge in [-0.2, -0.15) is 8.42 Å². The lowest BCUT2D eigenvalue weighted by molar-refractivity contribution is 0.584. The quantitative estimate of drug-likeness (QED) is 0.803. The summed E-state index contributed by atoms with van der Waals surface area (Å²) >= 11 is 0. The van der Waals surface area contributed by atoms with E-state index in [4.69, 9.17) is 0 Å². The first kappa shape index (κ1) is 13.6. The maximum absolute atomic E-state index is 12.5. The van der Waals surface area contributed by atoms with Gasteiger partial charge < -0.3 is 4.57 Å². The SMILES string of the molecule is Cc1cn(C)c(S(=O)(=O)Nc2cccc3cccnc23)n1. The fraction of sp³-hybridized carbons (Fsp3) is 0.143. The van der Waals surface area contributed by atoms with Gasteiger partial charge in [-0.05, 0) is 19.1 Å². The van der Waals surface area contributed by atoms with Gasteiger partial charge in [0.25, 0.3) is 10.0 Å². The minimum Gasteiger partial charge on any atom is -0.323 e. The van der Waals surface area contributed by atoms with Gasteiger partial charge in [-0.25, -0.2) is 4.98 Å². The fourth-order valence-electron chi connectivity index (χ4n) is 2.22. The van der Waals surface area contributed by atoms with Crippen molar-refractivity contribution in [2.24, 2.45) is 7.05 Å². The van der Waals surface area contributed by atoms with Crippen LogP contribution < -0.4 is 4.72 Å². The Hall–Kier alpha value is -2.41. The summed E-state index contributed by atoms with van der Waals surface area (Å²) in [6, 6.07) is 9.03. The van der Waals surface area contributed by atoms with Crippen molar-refractivity contribution in [1.29, 1.82) is 0 Å². The molecule has 2 aromatic heterocycles. The molecule has 6 nitrogen and oxygen atoms in total. The van der Waals surface area contributed by atoms with Crippen molar-refractivity contribution >= 4 is 26.6 Å². The first-order valence-corrected chi connectivity index (χ1v) is 7.82. The Labute approximate surface area is 122 Å². The van der Waals surface area contributed by atoms with Crippen molar-refractivity contribution in [3.8, 4) is 0 Å². The van der Waals surface area contributed by atoms with E-state index in [0.29, 0.717) is 16.9 Å². The molecule has 3 aromatic rings. The lowest BCUT2D eigenvalue weighted by Crippen LogP contribution is -2.17. The first-order chi connectivity index (χ1) is 9.97. The third-order valence-corrected chi connectivity index (χ3v) is 4.42. The summed E-state index contributed by atoms with van der Waals surface area (Å²) in [5.41, 5.74) is 1.69. The molecule has 0 aliphatic rings. The third-order valence-electron chi connectivity index (χ3n) is 3.07. The Morgan fingerprint density at radius 1 is 1.19 bits per heavy atom. The molecule has 0 bridgehead atoms. The van der Waals surface area contributed by atoms with Crippen LogP contribution in [0.25, 0.3) is 10.9 Å². The summed E-state index contributed by atoms with van der Waals surface area (Å²) < 4.78 is 29.0. The molecule has 1 aromatic carbocycles. The standard InChI is InChI=1S/C14H14N4O2S/c1-10-9-18(2)14(16-10)21(19,20)17-12-7-3-5-11-6-4-8-15-13(11)12/h3-9,17H,1-2H3. The molecule has 0 fully saturated rings. The van der Waals surface area contributed by atoms with E-state index in [0.717, 1.165) is 5.39 Å². The van der Waals surface area contributed by atoms with E-state index in [9.17, 15) is 8.42 Å². The van der Waals surface area contributed by atoms with Gasteiger partial charge in [-0.3, -0.25) is 9.71 Å². The van der Waals surface area contributed by atoms with Gasteiger partial charge >= 0.3 is 0 Å². The van der Waals surface area contributed by atoms with Crippen molar-refractivity contribution in [3.63, 3.8) is 0 Å². The van der Waals surface area contributed by atoms with Crippen LogP contribution in [0.4, 0.5) is 5.69 Å². The van der Waals surface area contributed by atoms with Gasteiger partial charge in [-0.15, -0.1) is 0 Å². The lowest BCUT2D eigenvalue weighted by atomic mass is 10.2. The van der Waals surface area contributed by atoms with Gasteiger partial charge in [0, 0.05) is 24.8 Å². The number of aromatic nitrogens is 3. The summed E-state index contributed by atoms with van der Waals surface area (Å²) in [6.45, 7) is 1.75. The maximum Gasteiger partial charge on any atom is 0.295 e. The van der Waals surface area contributed by atoms with Gasteiger partial charge in [-0.1, -0.05) is 18.2 Å². The van der Waals surface area contributed by atoms with Crippen molar-refractivity contribution in [1.82, 2.24) is 14.5 Å². The zero-order chi connectivity index (χ0) is 15.0. The van der Waals surface area contributed by atoms with Gasteiger partial charge in [0.1, 0.15) is 0 Å². The Kier molecular flexibility index (Phi) is 3.13. The van der Waals surface area contributed by atoms with Crippen LogP contribution in [0.15, 0.2) is 47.9 Å². The molecule has 7 heteroatoms. The van der Waals surface area contributed by atoms with E-state index >= 15 is 0 Å². The predicted octanol–water partition coefficient (Wildman–Crippen LogP) is 2.08. The molecule has 21 heavy (non-hydrogen) atoms. The van der Waals surface area contributed by atoms with Crippen molar-refractivity contribution < 1.29 is 8.42 Å². The second kappa shape index (κ2) is 4.85. The number of rotatable bonds is 3. The number of nitrogens with zero attached hydrogens (tertiary/aromatic N) is 3. The number of benzene rings is 1. The van der Waals surface area contributed by atoms with E-state index in [1.165, 1.54) is 4.57 Å². The highest BCUT2D eigenvalue weighted by Gasteiger charge is 2.21. The van der Waals surface area contributed by atoms with Crippen LogP contribution in [-0.2, 0) is 17.1 Å². The summed E-state index contributed by atoms with van der Waals surface area (Å²) in [6.07, 6.45) is 3.29. The number of nitrogens with one attached hydrogen (secondary N) is 1. The van der Waals surface area contributed by atoms with Crippen LogP contribution in [-0.4, -0.2) is 23.0 Å². The largest absolute Gasteiger partial charge is 0.323 e. The molecule has 0 atom stereocenters. The second-order valence-electron chi connectivity index (χ2n) is 4.76. The number of sulfonamides is 1. The third kappa shape index (κ3) is 2.47. The number of fused-ring (bicyclic) bond motifs is 1. The van der Waals surface area contributed by atoms with Crippen LogP contribution in [0.2, 0.25) is 0 Å². The number of anilines is 1. The Morgan fingerprint density at radius 3 is 2.67 bits per heavy atom. The molecule has 0 saturated heterocycles. The molecular formula is C14H14N4O2S. The average Bonchev–Trinajstić information content (AvgIpc) is 2.79. The molecule has 0 aliphatic heterocycles. The molecule has 0 spiro atoms. The molecule has 1 N–H and O–H groups in total. The summed E-state index contributed by atoms with van der Waals surface area (Å²) in [5, 5.41) is 0.849. The van der Waals surface area contributed by atoms with Crippen LogP contribution >= 0.6 is 0 Å². The highest BCUT2D eigenvalue weighted by Crippen LogP contribution is 2.23. The van der Waals surface area contributed by atoms with Gasteiger partial charge in [0.2, 0.25) is 5.16 Å². The monoisotopic (exact) mass is 302 g/mol. The predicted molar refractivity (Wildman–Crippen MR) is 80.5 cm³/mol. The van der Waals surface area contributed by atoms with Crippen LogP contribution in [0.1, 0.15) is 5.69 Å². The highest BCUT2D eigenvalue weighted by molar-refractivity contribution is 7.92. The fourth-order valence-corrected chi connectivity index (χ4v) is 3.46. The maximum atomic E-state index is 12.5. The van der Waals surface area contributed by atoms with E-state index < -0.39 is 10.0 Å². The number of hydrogen-bond donors (Lipinski definition) is 1. The highest BCUT2D eigenvalue weighted by atomic mass is 32.2. The smallest absolute Gasteiger partial charge is 0.295 e. The topological polar surface area (TPSA) is 76.9 Å². The summed E-state index contributed by atoms with van der Waals surface area (Å²) in [7, 11) is -2.10. The molecule has 0 radical (unpaired) electrons. The minimum atomic E-state index is -3.75. The van der Waals surface area contributed by atoms with Crippen molar-refractivity contribution in [3.05, 3.63) is 48.4 Å². The molecule has 0 unspecified atom stereocenters. The number of imidazole rings is 1. The number of hydrogen-bond acceptors (Lipinski definition) is 4. The molecule has 2 heterocycles. The molecular weight excluding hydrogens is 288 g/mol. The summed E-state index contributed by atoms with van der Waals surface area (Å²) in [4.78, 5) is 8.28. The lowest BCUT2D eigenvalue weighted by Gasteiger charge is -2.09. The zero-order valence-electron chi connectivity index (χ0n) is 11.6. The Bertz CT molecular complexity index is 910. The molecule has 3 rings (SSSR count). The molecule has 0 amide bonds. The molecule has 0 aliphatic carbocycles. The van der Waals surface area contributed by atoms with Gasteiger partial charge in [0.05, 0.1) is 16.9 Å². The van der Waals surface area contributed by atoms with Gasteiger partial charge in [0.15, 0.2) is 0 Å². The Balaban J connectivity index is 2.08. The van der Waals surface area contributed by atoms with Crippen molar-refractivity contribution in [2.45, 2.75) is 12.1 Å². The van der Waals surface area contributed by atoms with Crippen molar-refractivity contribution in [2.75, 3.05) is 4.72 Å². The number of aryl methyl sites for hydroxylation is 2. The molecule has 0 saturated carbocycles. The minimum absolute atomic E-state index is 0.0204. The van der Waals surface area contributed by atoms with E-state index in [1.807, 2.05) is 18.2 Å². The normalized spacial score (nSPS) is 11.7.